The van der Waals surface area contributed by atoms with Gasteiger partial charge in [0.05, 0.1) is 13.2 Å². The predicted molar refractivity (Wildman–Crippen MR) is 108 cm³/mol. The minimum atomic E-state index is -0.955. The van der Waals surface area contributed by atoms with Gasteiger partial charge in [0.15, 0.2) is 6.29 Å². The summed E-state index contributed by atoms with van der Waals surface area (Å²) in [6.07, 6.45) is -1.43. The summed E-state index contributed by atoms with van der Waals surface area (Å²) in [7, 11) is 1.54. The first-order valence-corrected chi connectivity index (χ1v) is 10.2. The Balaban J connectivity index is 2.09. The summed E-state index contributed by atoms with van der Waals surface area (Å²) in [6, 6.07) is 9.32. The number of aliphatic hydroxyl groups is 1. The molecule has 0 aliphatic carbocycles. The quantitative estimate of drug-likeness (QED) is 0.463. The molecule has 1 aromatic rings. The van der Waals surface area contributed by atoms with E-state index in [1.807, 2.05) is 37.3 Å². The molecule has 1 fully saturated rings. The first-order valence-electron chi connectivity index (χ1n) is 10.2. The van der Waals surface area contributed by atoms with E-state index >= 15 is 0 Å². The number of hydrogen-bond acceptors (Lipinski definition) is 7. The lowest BCUT2D eigenvalue weighted by Crippen LogP contribution is -2.65. The van der Waals surface area contributed by atoms with E-state index in [2.05, 4.69) is 5.32 Å². The second-order valence-corrected chi connectivity index (χ2v) is 7.00. The summed E-state index contributed by atoms with van der Waals surface area (Å²) in [5.74, 6) is -0.178. The molecule has 1 saturated heterocycles. The van der Waals surface area contributed by atoms with Gasteiger partial charge >= 0.3 is 0 Å². The fourth-order valence-electron chi connectivity index (χ4n) is 3.36. The Morgan fingerprint density at radius 3 is 2.69 bits per heavy atom. The van der Waals surface area contributed by atoms with E-state index in [0.717, 1.165) is 5.56 Å². The number of carbonyl (C=O) groups excluding carboxylic acids is 1. The van der Waals surface area contributed by atoms with Crippen LogP contribution in [0.1, 0.15) is 25.3 Å². The Bertz CT molecular complexity index is 588. The van der Waals surface area contributed by atoms with Crippen LogP contribution < -0.4 is 11.1 Å². The van der Waals surface area contributed by atoms with Gasteiger partial charge in [0.1, 0.15) is 24.4 Å². The summed E-state index contributed by atoms with van der Waals surface area (Å²) < 4.78 is 22.9. The standard InChI is InChI=1S/C21H34N2O6/c1-3-27-20-18(23-17(24)10-7-12-22)21(29-16(14-26-2)19(20)25)28-13-11-15-8-5-4-6-9-15/h4-6,8-9,16,18-21,25H,3,7,10-14,22H2,1-2H3,(H,23,24). The summed E-state index contributed by atoms with van der Waals surface area (Å²) >= 11 is 0. The van der Waals surface area contributed by atoms with E-state index in [0.29, 0.717) is 39.0 Å². The summed E-state index contributed by atoms with van der Waals surface area (Å²) in [5.41, 5.74) is 6.64. The Morgan fingerprint density at radius 2 is 2.03 bits per heavy atom. The molecule has 5 unspecified atom stereocenters. The van der Waals surface area contributed by atoms with Crippen molar-refractivity contribution in [3.63, 3.8) is 0 Å². The number of nitrogens with one attached hydrogen (secondary N) is 1. The Kier molecular flexibility index (Phi) is 10.5. The maximum Gasteiger partial charge on any atom is 0.220 e. The zero-order valence-electron chi connectivity index (χ0n) is 17.3. The molecule has 0 bridgehead atoms. The summed E-state index contributed by atoms with van der Waals surface area (Å²) in [6.45, 7) is 3.24. The first-order chi connectivity index (χ1) is 14.1. The van der Waals surface area contributed by atoms with Crippen LogP contribution in [0, 0.1) is 0 Å². The molecule has 164 valence electrons. The number of ether oxygens (including phenoxy) is 4. The number of rotatable bonds is 12. The molecular weight excluding hydrogens is 376 g/mol. The third-order valence-electron chi connectivity index (χ3n) is 4.81. The molecule has 0 saturated carbocycles. The van der Waals surface area contributed by atoms with Gasteiger partial charge < -0.3 is 35.1 Å². The van der Waals surface area contributed by atoms with Crippen LogP contribution in [-0.4, -0.2) is 75.1 Å². The van der Waals surface area contributed by atoms with Crippen molar-refractivity contribution in [1.29, 1.82) is 0 Å². The van der Waals surface area contributed by atoms with E-state index in [9.17, 15) is 9.90 Å². The molecule has 0 spiro atoms. The Hall–Kier alpha value is -1.55. The maximum atomic E-state index is 12.3. The SMILES string of the molecule is CCOC1C(O)C(COC)OC(OCCc2ccccc2)C1NC(=O)CCCN. The van der Waals surface area contributed by atoms with Crippen LogP contribution in [0.4, 0.5) is 0 Å². The normalized spacial score (nSPS) is 27.0. The number of amides is 1. The lowest BCUT2D eigenvalue weighted by Gasteiger charge is -2.44. The van der Waals surface area contributed by atoms with E-state index in [4.69, 9.17) is 24.7 Å². The van der Waals surface area contributed by atoms with Gasteiger partial charge in [0, 0.05) is 20.1 Å². The van der Waals surface area contributed by atoms with Crippen LogP contribution in [0.2, 0.25) is 0 Å². The van der Waals surface area contributed by atoms with Crippen LogP contribution in [0.15, 0.2) is 30.3 Å². The van der Waals surface area contributed by atoms with Gasteiger partial charge in [-0.1, -0.05) is 30.3 Å². The van der Waals surface area contributed by atoms with Crippen molar-refractivity contribution in [2.75, 3.05) is 33.5 Å². The lowest BCUT2D eigenvalue weighted by atomic mass is 9.96. The highest BCUT2D eigenvalue weighted by molar-refractivity contribution is 5.76. The fraction of sp³-hybridized carbons (Fsp3) is 0.667. The van der Waals surface area contributed by atoms with Gasteiger partial charge in [-0.25, -0.2) is 0 Å². The number of aliphatic hydroxyl groups excluding tert-OH is 1. The van der Waals surface area contributed by atoms with Gasteiger partial charge in [0.2, 0.25) is 5.91 Å². The molecule has 5 atom stereocenters. The van der Waals surface area contributed by atoms with Crippen LogP contribution in [-0.2, 0) is 30.2 Å². The van der Waals surface area contributed by atoms with Gasteiger partial charge in [-0.3, -0.25) is 4.79 Å². The smallest absolute Gasteiger partial charge is 0.220 e. The van der Waals surface area contributed by atoms with Crippen molar-refractivity contribution in [3.05, 3.63) is 35.9 Å². The minimum absolute atomic E-state index is 0.178. The average molecular weight is 411 g/mol. The minimum Gasteiger partial charge on any atom is -0.388 e. The molecule has 29 heavy (non-hydrogen) atoms. The third-order valence-corrected chi connectivity index (χ3v) is 4.81. The predicted octanol–water partition coefficient (Wildman–Crippen LogP) is 0.607. The van der Waals surface area contributed by atoms with Crippen LogP contribution in [0.5, 0.6) is 0 Å². The first kappa shape index (κ1) is 23.7. The zero-order chi connectivity index (χ0) is 21.1. The molecule has 2 rings (SSSR count). The van der Waals surface area contributed by atoms with Gasteiger partial charge in [-0.15, -0.1) is 0 Å². The number of benzene rings is 1. The molecule has 1 aliphatic rings. The molecular formula is C21H34N2O6. The molecule has 0 aromatic heterocycles. The van der Waals surface area contributed by atoms with Crippen molar-refractivity contribution < 1.29 is 28.8 Å². The van der Waals surface area contributed by atoms with E-state index in [1.165, 1.54) is 7.11 Å². The molecule has 1 aromatic carbocycles. The molecule has 0 radical (unpaired) electrons. The topological polar surface area (TPSA) is 112 Å². The van der Waals surface area contributed by atoms with E-state index in [1.54, 1.807) is 0 Å². The van der Waals surface area contributed by atoms with Crippen molar-refractivity contribution >= 4 is 5.91 Å². The largest absolute Gasteiger partial charge is 0.388 e. The van der Waals surface area contributed by atoms with Crippen molar-refractivity contribution in [2.24, 2.45) is 5.73 Å². The highest BCUT2D eigenvalue weighted by atomic mass is 16.7. The number of hydrogen-bond donors (Lipinski definition) is 3. The highest BCUT2D eigenvalue weighted by Gasteiger charge is 2.47. The third kappa shape index (κ3) is 7.33. The van der Waals surface area contributed by atoms with Crippen LogP contribution in [0.3, 0.4) is 0 Å². The average Bonchev–Trinajstić information content (AvgIpc) is 2.73. The molecule has 1 amide bonds. The molecule has 1 aliphatic heterocycles. The van der Waals surface area contributed by atoms with Crippen molar-refractivity contribution in [2.45, 2.75) is 56.8 Å². The maximum absolute atomic E-state index is 12.3. The van der Waals surface area contributed by atoms with Gasteiger partial charge in [0.25, 0.3) is 0 Å². The van der Waals surface area contributed by atoms with Crippen LogP contribution >= 0.6 is 0 Å². The van der Waals surface area contributed by atoms with Gasteiger partial charge in [-0.05, 0) is 31.9 Å². The summed E-state index contributed by atoms with van der Waals surface area (Å²) in [4.78, 5) is 12.3. The Labute approximate surface area is 172 Å². The Morgan fingerprint density at radius 1 is 1.28 bits per heavy atom. The zero-order valence-corrected chi connectivity index (χ0v) is 17.3. The number of carbonyl (C=O) groups is 1. The second kappa shape index (κ2) is 12.9. The number of nitrogens with two attached hydrogens (primary N) is 1. The highest BCUT2D eigenvalue weighted by Crippen LogP contribution is 2.25. The van der Waals surface area contributed by atoms with Crippen LogP contribution in [0.25, 0.3) is 0 Å². The van der Waals surface area contributed by atoms with E-state index < -0.39 is 30.6 Å². The van der Waals surface area contributed by atoms with E-state index in [-0.39, 0.29) is 12.5 Å². The second-order valence-electron chi connectivity index (χ2n) is 7.00. The van der Waals surface area contributed by atoms with Crippen molar-refractivity contribution in [1.82, 2.24) is 5.32 Å². The molecule has 8 heteroatoms. The molecule has 8 nitrogen and oxygen atoms in total. The molecule has 4 N–H and O–H groups in total. The summed E-state index contributed by atoms with van der Waals surface area (Å²) in [5, 5.41) is 13.6. The molecule has 1 heterocycles. The number of methoxy groups -OCH3 is 1. The lowest BCUT2D eigenvalue weighted by molar-refractivity contribution is -0.277. The monoisotopic (exact) mass is 410 g/mol. The van der Waals surface area contributed by atoms with Crippen molar-refractivity contribution in [3.8, 4) is 0 Å². The van der Waals surface area contributed by atoms with Gasteiger partial charge in [-0.2, -0.15) is 0 Å². The fourth-order valence-corrected chi connectivity index (χ4v) is 3.36.